The van der Waals surface area contributed by atoms with Gasteiger partial charge in [-0.1, -0.05) is 32.9 Å². The second kappa shape index (κ2) is 3.81. The van der Waals surface area contributed by atoms with Crippen LogP contribution in [-0.4, -0.2) is 5.11 Å². The van der Waals surface area contributed by atoms with Crippen molar-refractivity contribution in [1.29, 1.82) is 0 Å². The van der Waals surface area contributed by atoms with Crippen molar-refractivity contribution in [2.24, 2.45) is 0 Å². The normalized spacial score (nSPS) is 10.4. The molecule has 4 heteroatoms. The van der Waals surface area contributed by atoms with E-state index >= 15 is 0 Å². The van der Waals surface area contributed by atoms with Crippen LogP contribution in [-0.2, 0) is 0 Å². The van der Waals surface area contributed by atoms with Gasteiger partial charge >= 0.3 is 0 Å². The molecule has 0 aliphatic rings. The molecule has 0 saturated carbocycles. The first-order chi connectivity index (χ1) is 6.66. The van der Waals surface area contributed by atoms with Crippen LogP contribution in [0.5, 0.6) is 5.75 Å². The Bertz CT molecular complexity index is 510. The lowest BCUT2D eigenvalue weighted by molar-refractivity contribution is 0.471. The van der Waals surface area contributed by atoms with E-state index in [4.69, 9.17) is 12.2 Å². The van der Waals surface area contributed by atoms with E-state index in [0.717, 1.165) is 15.0 Å². The minimum Gasteiger partial charge on any atom is -0.508 e. The second-order valence-electron chi connectivity index (χ2n) is 3.00. The molecule has 0 saturated heterocycles. The highest BCUT2D eigenvalue weighted by Crippen LogP contribution is 2.31. The molecule has 0 atom stereocenters. The van der Waals surface area contributed by atoms with Crippen molar-refractivity contribution in [3.63, 3.8) is 0 Å². The summed E-state index contributed by atoms with van der Waals surface area (Å²) in [4.78, 5) is 1.17. The molecular formula is C10H8OS3. The van der Waals surface area contributed by atoms with Gasteiger partial charge in [-0.05, 0) is 42.3 Å². The van der Waals surface area contributed by atoms with Gasteiger partial charge in [-0.15, -0.1) is 0 Å². The fourth-order valence-corrected chi connectivity index (χ4v) is 3.57. The van der Waals surface area contributed by atoms with Crippen LogP contribution in [0.3, 0.4) is 0 Å². The smallest absolute Gasteiger partial charge is 0.118 e. The molecule has 2 rings (SSSR count). The summed E-state index contributed by atoms with van der Waals surface area (Å²) in [6, 6.07) is 7.60. The Balaban J connectivity index is 2.52. The topological polar surface area (TPSA) is 20.2 Å². The van der Waals surface area contributed by atoms with Crippen molar-refractivity contribution in [3.05, 3.63) is 33.7 Å². The van der Waals surface area contributed by atoms with E-state index in [-0.39, 0.29) is 0 Å². The van der Waals surface area contributed by atoms with Crippen molar-refractivity contribution in [2.45, 2.75) is 6.92 Å². The maximum absolute atomic E-state index is 9.38. The van der Waals surface area contributed by atoms with E-state index in [1.807, 2.05) is 25.1 Å². The Hall–Kier alpha value is -0.710. The van der Waals surface area contributed by atoms with Crippen LogP contribution in [0, 0.1) is 10.7 Å². The zero-order valence-electron chi connectivity index (χ0n) is 7.48. The van der Waals surface area contributed by atoms with E-state index in [1.165, 1.54) is 4.88 Å². The van der Waals surface area contributed by atoms with Crippen LogP contribution in [0.1, 0.15) is 5.56 Å². The first-order valence-corrected chi connectivity index (χ1v) is 6.63. The van der Waals surface area contributed by atoms with Crippen LogP contribution in [0.25, 0.3) is 10.4 Å². The van der Waals surface area contributed by atoms with Crippen LogP contribution in [0.15, 0.2) is 24.3 Å². The number of benzene rings is 1. The maximum Gasteiger partial charge on any atom is 0.118 e. The molecule has 2 aromatic rings. The summed E-state index contributed by atoms with van der Waals surface area (Å²) in [5.74, 6) is 0.340. The molecule has 0 spiro atoms. The summed E-state index contributed by atoms with van der Waals surface area (Å²) in [6.45, 7) is 1.89. The molecule has 0 unspecified atom stereocenters. The molecule has 1 nitrogen and oxygen atoms in total. The predicted molar refractivity (Wildman–Crippen MR) is 64.9 cm³/mol. The van der Waals surface area contributed by atoms with Crippen LogP contribution >= 0.6 is 32.9 Å². The molecule has 0 aliphatic heterocycles. The van der Waals surface area contributed by atoms with Gasteiger partial charge in [0.05, 0.1) is 0 Å². The van der Waals surface area contributed by atoms with Crippen molar-refractivity contribution in [1.82, 2.24) is 0 Å². The average molecular weight is 240 g/mol. The Kier molecular flexibility index (Phi) is 2.67. The van der Waals surface area contributed by atoms with E-state index in [0.29, 0.717) is 5.75 Å². The van der Waals surface area contributed by atoms with Gasteiger partial charge < -0.3 is 5.11 Å². The fraction of sp³-hybridized carbons (Fsp3) is 0.100. The third-order valence-electron chi connectivity index (χ3n) is 1.94. The van der Waals surface area contributed by atoms with Crippen molar-refractivity contribution >= 4 is 32.9 Å². The fourth-order valence-electron chi connectivity index (χ4n) is 1.18. The van der Waals surface area contributed by atoms with Crippen LogP contribution < -0.4 is 0 Å². The number of hydrogen-bond donors (Lipinski definition) is 1. The molecule has 72 valence electrons. The monoisotopic (exact) mass is 240 g/mol. The van der Waals surface area contributed by atoms with Gasteiger partial charge in [-0.3, -0.25) is 0 Å². The Morgan fingerprint density at radius 1 is 1.21 bits per heavy atom. The van der Waals surface area contributed by atoms with Crippen LogP contribution in [0.4, 0.5) is 0 Å². The number of phenolic OH excluding ortho intramolecular Hbond substituents is 1. The van der Waals surface area contributed by atoms with Gasteiger partial charge in [0.1, 0.15) is 9.57 Å². The van der Waals surface area contributed by atoms with Gasteiger partial charge in [-0.25, -0.2) is 0 Å². The average Bonchev–Trinajstić information content (AvgIpc) is 2.57. The summed E-state index contributed by atoms with van der Waals surface area (Å²) in [5.41, 5.74) is 2.02. The Morgan fingerprint density at radius 2 is 2.00 bits per heavy atom. The second-order valence-corrected chi connectivity index (χ2v) is 5.91. The van der Waals surface area contributed by atoms with Gasteiger partial charge in [0.15, 0.2) is 0 Å². The number of aryl methyl sites for hydroxylation is 1. The zero-order valence-corrected chi connectivity index (χ0v) is 9.93. The minimum atomic E-state index is 0.340. The van der Waals surface area contributed by atoms with Gasteiger partial charge in [0, 0.05) is 4.88 Å². The van der Waals surface area contributed by atoms with E-state index in [2.05, 4.69) is 0 Å². The SMILES string of the molecule is Cc1cc(-c2cc(=S)ss2)ccc1O. The first-order valence-electron chi connectivity index (χ1n) is 4.07. The lowest BCUT2D eigenvalue weighted by atomic mass is 10.1. The number of hydrogen-bond acceptors (Lipinski definition) is 4. The highest BCUT2D eigenvalue weighted by atomic mass is 32.9. The zero-order chi connectivity index (χ0) is 10.1. The summed E-state index contributed by atoms with van der Waals surface area (Å²) >= 11 is 5.07. The minimum absolute atomic E-state index is 0.340. The third kappa shape index (κ3) is 1.87. The molecule has 1 aromatic heterocycles. The van der Waals surface area contributed by atoms with Gasteiger partial charge in [-0.2, -0.15) is 0 Å². The Labute approximate surface area is 94.7 Å². The van der Waals surface area contributed by atoms with Crippen LogP contribution in [0.2, 0.25) is 0 Å². The molecule has 1 aromatic carbocycles. The Morgan fingerprint density at radius 3 is 2.57 bits per heavy atom. The molecular weight excluding hydrogens is 232 g/mol. The molecule has 0 bridgehead atoms. The summed E-state index contributed by atoms with van der Waals surface area (Å²) in [5, 5.41) is 9.38. The van der Waals surface area contributed by atoms with Gasteiger partial charge in [0.2, 0.25) is 0 Å². The van der Waals surface area contributed by atoms with E-state index in [1.54, 1.807) is 26.7 Å². The predicted octanol–water partition coefficient (Wildman–Crippen LogP) is 4.22. The van der Waals surface area contributed by atoms with Crippen molar-refractivity contribution < 1.29 is 5.11 Å². The summed E-state index contributed by atoms with van der Waals surface area (Å²) in [7, 11) is 3.28. The molecule has 0 radical (unpaired) electrons. The molecule has 0 aliphatic carbocycles. The lowest BCUT2D eigenvalue weighted by Gasteiger charge is -2.00. The quantitative estimate of drug-likeness (QED) is 0.595. The number of aromatic hydroxyl groups is 1. The highest BCUT2D eigenvalue weighted by molar-refractivity contribution is 7.80. The standard InChI is InChI=1S/C10H8OS3/c1-6-4-7(2-3-8(6)11)9-5-10(12)14-13-9/h2-5,11H,1H3. The molecule has 0 amide bonds. The summed E-state index contributed by atoms with van der Waals surface area (Å²) < 4.78 is 0.913. The van der Waals surface area contributed by atoms with Gasteiger partial charge in [0.25, 0.3) is 0 Å². The summed E-state index contributed by atoms with van der Waals surface area (Å²) in [6.07, 6.45) is 0. The number of phenols is 1. The highest BCUT2D eigenvalue weighted by Gasteiger charge is 2.02. The van der Waals surface area contributed by atoms with Crippen molar-refractivity contribution in [2.75, 3.05) is 0 Å². The van der Waals surface area contributed by atoms with E-state index in [9.17, 15) is 5.11 Å². The molecule has 1 heterocycles. The van der Waals surface area contributed by atoms with Crippen molar-refractivity contribution in [3.8, 4) is 16.2 Å². The molecule has 0 fully saturated rings. The number of rotatable bonds is 1. The molecule has 1 N–H and O–H groups in total. The lowest BCUT2D eigenvalue weighted by Crippen LogP contribution is -1.76. The maximum atomic E-state index is 9.38. The van der Waals surface area contributed by atoms with E-state index < -0.39 is 0 Å². The first kappa shape index (κ1) is 9.83. The molecule has 14 heavy (non-hydrogen) atoms. The third-order valence-corrected chi connectivity index (χ3v) is 4.85. The largest absolute Gasteiger partial charge is 0.508 e.